The van der Waals surface area contributed by atoms with Gasteiger partial charge in [-0.1, -0.05) is 12.1 Å². The van der Waals surface area contributed by atoms with Crippen molar-refractivity contribution in [3.63, 3.8) is 0 Å². The summed E-state index contributed by atoms with van der Waals surface area (Å²) in [6.45, 7) is 2.48. The third-order valence-electron chi connectivity index (χ3n) is 3.58. The van der Waals surface area contributed by atoms with Crippen LogP contribution in [0.5, 0.6) is 5.75 Å². The van der Waals surface area contributed by atoms with E-state index in [4.69, 9.17) is 4.74 Å². The first-order valence-electron chi connectivity index (χ1n) is 6.37. The van der Waals surface area contributed by atoms with E-state index >= 15 is 0 Å². The molecule has 1 aromatic rings. The van der Waals surface area contributed by atoms with Crippen LogP contribution in [0.1, 0.15) is 18.4 Å². The second-order valence-electron chi connectivity index (χ2n) is 4.85. The summed E-state index contributed by atoms with van der Waals surface area (Å²) in [5.41, 5.74) is 1.13. The fourth-order valence-electron chi connectivity index (χ4n) is 2.63. The normalized spacial score (nSPS) is 23.6. The molecule has 1 unspecified atom stereocenters. The van der Waals surface area contributed by atoms with Crippen molar-refractivity contribution in [3.8, 4) is 5.75 Å². The van der Waals surface area contributed by atoms with Crippen molar-refractivity contribution in [2.75, 3.05) is 20.2 Å². The van der Waals surface area contributed by atoms with Crippen LogP contribution < -0.4 is 14.7 Å². The molecule has 18 heavy (non-hydrogen) atoms. The van der Waals surface area contributed by atoms with Crippen LogP contribution in [0.4, 0.5) is 0 Å². The van der Waals surface area contributed by atoms with Crippen LogP contribution in [0.3, 0.4) is 0 Å². The number of likely N-dealkylation sites (tertiary alicyclic amines) is 1. The first-order valence-corrected chi connectivity index (χ1v) is 6.37. The van der Waals surface area contributed by atoms with Gasteiger partial charge >= 0.3 is 0 Å². The lowest BCUT2D eigenvalue weighted by Crippen LogP contribution is -3.12. The summed E-state index contributed by atoms with van der Waals surface area (Å²) in [5, 5.41) is 10.9. The maximum atomic E-state index is 10.9. The highest BCUT2D eigenvalue weighted by atomic mass is 16.5. The van der Waals surface area contributed by atoms with Crippen molar-refractivity contribution in [1.29, 1.82) is 0 Å². The van der Waals surface area contributed by atoms with Crippen LogP contribution in [0.15, 0.2) is 24.3 Å². The number of methoxy groups -OCH3 is 1. The Kier molecular flexibility index (Phi) is 4.20. The first-order chi connectivity index (χ1) is 8.70. The van der Waals surface area contributed by atoms with Gasteiger partial charge in [0.2, 0.25) is 0 Å². The van der Waals surface area contributed by atoms with E-state index in [1.807, 2.05) is 24.3 Å². The van der Waals surface area contributed by atoms with Crippen LogP contribution in [0.25, 0.3) is 0 Å². The number of para-hydroxylation sites is 1. The number of carboxylic acid groups (broad SMARTS) is 1. The predicted molar refractivity (Wildman–Crippen MR) is 65.1 cm³/mol. The van der Waals surface area contributed by atoms with Gasteiger partial charge in [-0.25, -0.2) is 0 Å². The number of piperidine rings is 1. The molecule has 0 aromatic heterocycles. The molecule has 0 radical (unpaired) electrons. The van der Waals surface area contributed by atoms with Gasteiger partial charge in [-0.15, -0.1) is 0 Å². The molecular weight excluding hydrogens is 230 g/mol. The van der Waals surface area contributed by atoms with Gasteiger partial charge in [0.05, 0.1) is 26.2 Å². The zero-order valence-corrected chi connectivity index (χ0v) is 10.6. The van der Waals surface area contributed by atoms with E-state index in [9.17, 15) is 9.90 Å². The summed E-state index contributed by atoms with van der Waals surface area (Å²) in [4.78, 5) is 12.2. The van der Waals surface area contributed by atoms with Gasteiger partial charge in [0.25, 0.3) is 0 Å². The van der Waals surface area contributed by atoms with E-state index < -0.39 is 5.97 Å². The summed E-state index contributed by atoms with van der Waals surface area (Å²) in [6.07, 6.45) is 1.70. The molecule has 1 N–H and O–H groups in total. The van der Waals surface area contributed by atoms with Gasteiger partial charge < -0.3 is 19.5 Å². The molecule has 1 aromatic carbocycles. The van der Waals surface area contributed by atoms with Crippen molar-refractivity contribution in [1.82, 2.24) is 0 Å². The number of benzene rings is 1. The van der Waals surface area contributed by atoms with E-state index in [2.05, 4.69) is 0 Å². The Morgan fingerprint density at radius 1 is 1.50 bits per heavy atom. The van der Waals surface area contributed by atoms with Crippen molar-refractivity contribution < 1.29 is 19.5 Å². The second-order valence-corrected chi connectivity index (χ2v) is 4.85. The van der Waals surface area contributed by atoms with Gasteiger partial charge in [0.1, 0.15) is 12.3 Å². The molecular formula is C14H19NO3. The quantitative estimate of drug-likeness (QED) is 0.763. The lowest BCUT2D eigenvalue weighted by molar-refractivity contribution is -0.921. The molecule has 0 saturated carbocycles. The van der Waals surface area contributed by atoms with Crippen LogP contribution in [0.2, 0.25) is 0 Å². The number of hydrogen-bond acceptors (Lipinski definition) is 3. The molecule has 0 bridgehead atoms. The van der Waals surface area contributed by atoms with Gasteiger partial charge in [-0.2, -0.15) is 0 Å². The van der Waals surface area contributed by atoms with Crippen molar-refractivity contribution in [2.24, 2.45) is 5.92 Å². The molecule has 4 heteroatoms. The number of carbonyl (C=O) groups is 1. The number of aliphatic carboxylic acids is 1. The SMILES string of the molecule is COc1ccccc1C[NH+]1CCC[C@H](C(=O)[O-])C1. The highest BCUT2D eigenvalue weighted by Gasteiger charge is 2.24. The van der Waals surface area contributed by atoms with E-state index in [-0.39, 0.29) is 5.92 Å². The standard InChI is InChI=1S/C14H19NO3/c1-18-13-7-3-2-5-11(13)9-15-8-4-6-12(10-15)14(16)17/h2-3,5,7,12H,4,6,8-10H2,1H3,(H,16,17)/t12-/m0/s1. The monoisotopic (exact) mass is 249 g/mol. The Morgan fingerprint density at radius 2 is 2.28 bits per heavy atom. The van der Waals surface area contributed by atoms with E-state index in [1.165, 1.54) is 4.90 Å². The second kappa shape index (κ2) is 5.87. The maximum Gasteiger partial charge on any atom is 0.127 e. The van der Waals surface area contributed by atoms with E-state index in [0.29, 0.717) is 6.54 Å². The summed E-state index contributed by atoms with van der Waals surface area (Å²) < 4.78 is 5.32. The zero-order valence-electron chi connectivity index (χ0n) is 10.6. The van der Waals surface area contributed by atoms with Gasteiger partial charge in [-0.05, 0) is 25.0 Å². The third-order valence-corrected chi connectivity index (χ3v) is 3.58. The number of carbonyl (C=O) groups excluding carboxylic acids is 1. The van der Waals surface area contributed by atoms with Gasteiger partial charge in [-0.3, -0.25) is 0 Å². The number of quaternary nitrogens is 1. The molecule has 1 heterocycles. The fraction of sp³-hybridized carbons (Fsp3) is 0.500. The fourth-order valence-corrected chi connectivity index (χ4v) is 2.63. The largest absolute Gasteiger partial charge is 0.550 e. The summed E-state index contributed by atoms with van der Waals surface area (Å²) >= 11 is 0. The Bertz CT molecular complexity index is 419. The molecule has 0 amide bonds. The Balaban J connectivity index is 2.02. The molecule has 98 valence electrons. The highest BCUT2D eigenvalue weighted by Crippen LogP contribution is 2.16. The molecule has 1 saturated heterocycles. The minimum Gasteiger partial charge on any atom is -0.550 e. The summed E-state index contributed by atoms with van der Waals surface area (Å²) in [5.74, 6) is -0.337. The Hall–Kier alpha value is -1.55. The third kappa shape index (κ3) is 3.01. The molecule has 1 aliphatic heterocycles. The highest BCUT2D eigenvalue weighted by molar-refractivity contribution is 5.67. The number of hydrogen-bond donors (Lipinski definition) is 1. The van der Waals surface area contributed by atoms with E-state index in [0.717, 1.165) is 37.2 Å². The average Bonchev–Trinajstić information content (AvgIpc) is 2.39. The molecule has 1 aliphatic rings. The molecule has 2 rings (SSSR count). The van der Waals surface area contributed by atoms with Crippen LogP contribution >= 0.6 is 0 Å². The van der Waals surface area contributed by atoms with Crippen LogP contribution in [0, 0.1) is 5.92 Å². The van der Waals surface area contributed by atoms with Crippen molar-refractivity contribution in [2.45, 2.75) is 19.4 Å². The average molecular weight is 249 g/mol. The smallest absolute Gasteiger partial charge is 0.127 e. The molecule has 2 atom stereocenters. The van der Waals surface area contributed by atoms with Crippen LogP contribution in [-0.4, -0.2) is 26.2 Å². The van der Waals surface area contributed by atoms with Gasteiger partial charge in [0, 0.05) is 11.5 Å². The lowest BCUT2D eigenvalue weighted by Gasteiger charge is -2.30. The van der Waals surface area contributed by atoms with Crippen LogP contribution in [-0.2, 0) is 11.3 Å². The number of carboxylic acids is 1. The maximum absolute atomic E-state index is 10.9. The van der Waals surface area contributed by atoms with Crippen molar-refractivity contribution >= 4 is 5.97 Å². The topological polar surface area (TPSA) is 53.8 Å². The van der Waals surface area contributed by atoms with Gasteiger partial charge in [0.15, 0.2) is 0 Å². The minimum absolute atomic E-state index is 0.302. The predicted octanol–water partition coefficient (Wildman–Crippen LogP) is -0.760. The number of ether oxygens (including phenoxy) is 1. The molecule has 4 nitrogen and oxygen atoms in total. The molecule has 0 spiro atoms. The minimum atomic E-state index is -0.910. The van der Waals surface area contributed by atoms with Crippen molar-refractivity contribution in [3.05, 3.63) is 29.8 Å². The summed E-state index contributed by atoms with van der Waals surface area (Å²) in [7, 11) is 1.66. The zero-order chi connectivity index (χ0) is 13.0. The van der Waals surface area contributed by atoms with E-state index in [1.54, 1.807) is 7.11 Å². The number of rotatable bonds is 4. The Labute approximate surface area is 107 Å². The lowest BCUT2D eigenvalue weighted by atomic mass is 9.98. The molecule has 0 aliphatic carbocycles. The first kappa shape index (κ1) is 12.9. The Morgan fingerprint density at radius 3 is 3.00 bits per heavy atom. The summed E-state index contributed by atoms with van der Waals surface area (Å²) in [6, 6.07) is 7.90. The molecule has 1 fully saturated rings. The number of nitrogens with one attached hydrogen (secondary N) is 1.